The molecular formula is Ba16O19-6. The summed E-state index contributed by atoms with van der Waals surface area (Å²) in [6.07, 6.45) is 0. The summed E-state index contributed by atoms with van der Waals surface area (Å²) in [4.78, 5) is 0. The predicted octanol–water partition coefficient (Wildman–Crippen LogP) is -8.35. The van der Waals surface area contributed by atoms with Crippen LogP contribution >= 0.6 is 0 Å². The Labute approximate surface area is 851 Å². The molecule has 0 aromatic heterocycles. The molecule has 35 heavy (non-hydrogen) atoms. The molecule has 0 unspecified atom stereocenters. The molecule has 0 aromatic rings. The first-order valence-electron chi connectivity index (χ1n) is 0. The van der Waals surface area contributed by atoms with E-state index in [1.54, 1.807) is 0 Å². The van der Waals surface area contributed by atoms with Crippen LogP contribution in [-0.4, -0.2) is 782 Å². The molecule has 0 saturated carbocycles. The second-order valence-electron chi connectivity index (χ2n) is 0. The van der Waals surface area contributed by atoms with E-state index in [2.05, 4.69) is 0 Å². The van der Waals surface area contributed by atoms with Gasteiger partial charge in [-0.1, -0.05) is 0 Å². The maximum Gasteiger partial charge on any atom is 2.00 e. The van der Waals surface area contributed by atoms with Gasteiger partial charge in [0, 0.05) is 0 Å². The van der Waals surface area contributed by atoms with E-state index in [4.69, 9.17) is 0 Å². The minimum absolute atomic E-state index is 0. The van der Waals surface area contributed by atoms with Crippen LogP contribution in [0.25, 0.3) is 0 Å². The summed E-state index contributed by atoms with van der Waals surface area (Å²) in [6, 6.07) is 0. The van der Waals surface area contributed by atoms with Gasteiger partial charge in [0.15, 0.2) is 0 Å². The molecule has 0 saturated heterocycles. The van der Waals surface area contributed by atoms with Gasteiger partial charge in [0.25, 0.3) is 0 Å². The molecule has 0 aliphatic carbocycles. The molecular weight excluding hydrogens is 2500 g/mol. The van der Waals surface area contributed by atoms with Gasteiger partial charge in [0.2, 0.25) is 0 Å². The topological polar surface area (TPSA) is 542 Å². The third kappa shape index (κ3) is 312. The van der Waals surface area contributed by atoms with Crippen LogP contribution < -0.4 is 0 Å². The Hall–Kier alpha value is 24.4. The summed E-state index contributed by atoms with van der Waals surface area (Å²) in [5.74, 6) is 0. The average molecular weight is 2500 g/mol. The molecule has 0 N–H and O–H groups in total. The van der Waals surface area contributed by atoms with Gasteiger partial charge in [-0.2, -0.15) is 0 Å². The molecule has 0 aliphatic rings. The molecule has 0 fully saturated rings. The van der Waals surface area contributed by atoms with E-state index in [1.165, 1.54) is 0 Å². The molecule has 0 aliphatic heterocycles. The zero-order chi connectivity index (χ0) is 0. The molecule has 152 valence electrons. The second kappa shape index (κ2) is 323. The van der Waals surface area contributed by atoms with Crippen molar-refractivity contribution in [3.8, 4) is 0 Å². The number of rotatable bonds is 0. The van der Waals surface area contributed by atoms with Crippen LogP contribution in [-0.2, 0) is 104 Å². The first kappa shape index (κ1) is 340. The molecule has 0 aromatic carbocycles. The van der Waals surface area contributed by atoms with Gasteiger partial charge < -0.3 is 104 Å². The van der Waals surface area contributed by atoms with Crippen molar-refractivity contribution in [1.29, 1.82) is 0 Å². The Balaban J connectivity index is 0. The van der Waals surface area contributed by atoms with Crippen molar-refractivity contribution in [2.24, 2.45) is 0 Å². The van der Waals surface area contributed by atoms with E-state index in [-0.39, 0.29) is 886 Å². The summed E-state index contributed by atoms with van der Waals surface area (Å²) < 4.78 is 0. The fourth-order valence-electron chi connectivity index (χ4n) is 0. The number of hydrogen-bond donors (Lipinski definition) is 0. The van der Waals surface area contributed by atoms with E-state index < -0.39 is 0 Å². The fraction of sp³-hybridized carbons (Fsp3) is 0. The van der Waals surface area contributed by atoms with E-state index >= 15 is 0 Å². The Bertz CT molecular complexity index is 34.8. The zero-order valence-corrected chi connectivity index (χ0v) is 90.1. The monoisotopic (exact) mass is 2510 g/mol. The standard InChI is InChI=1S/16Ba.19O/q16*+2;19*-2. The minimum atomic E-state index is 0. The molecule has 0 bridgehead atoms. The third-order valence-electron chi connectivity index (χ3n) is 0. The van der Waals surface area contributed by atoms with E-state index in [0.717, 1.165) is 0 Å². The van der Waals surface area contributed by atoms with Gasteiger partial charge in [-0.3, -0.25) is 0 Å². The second-order valence-corrected chi connectivity index (χ2v) is 0. The predicted molar refractivity (Wildman–Crippen MR) is 105 cm³/mol. The van der Waals surface area contributed by atoms with Crippen LogP contribution in [0.4, 0.5) is 0 Å². The molecule has 0 amide bonds. The summed E-state index contributed by atoms with van der Waals surface area (Å²) >= 11 is 0. The van der Waals surface area contributed by atoms with Gasteiger partial charge >= 0.3 is 782 Å². The largest absolute Gasteiger partial charge is 2.00 e. The minimum Gasteiger partial charge on any atom is -2.00 e. The van der Waals surface area contributed by atoms with Gasteiger partial charge in [-0.15, -0.1) is 0 Å². The molecule has 0 spiro atoms. The van der Waals surface area contributed by atoms with Crippen LogP contribution in [0.3, 0.4) is 0 Å². The Morgan fingerprint density at radius 2 is 0.0571 bits per heavy atom. The smallest absolute Gasteiger partial charge is 2.00 e. The van der Waals surface area contributed by atoms with Crippen molar-refractivity contribution < 1.29 is 104 Å². The molecule has 0 atom stereocenters. The van der Waals surface area contributed by atoms with E-state index in [1.807, 2.05) is 0 Å². The first-order chi connectivity index (χ1) is 0. The van der Waals surface area contributed by atoms with E-state index in [9.17, 15) is 0 Å². The van der Waals surface area contributed by atoms with Crippen LogP contribution in [0, 0.1) is 0 Å². The molecule has 19 nitrogen and oxygen atoms in total. The maximum absolute atomic E-state index is 0. The van der Waals surface area contributed by atoms with Crippen LogP contribution in [0.5, 0.6) is 0 Å². The summed E-state index contributed by atoms with van der Waals surface area (Å²) in [5.41, 5.74) is 0. The van der Waals surface area contributed by atoms with Crippen molar-refractivity contribution in [3.05, 3.63) is 0 Å². The van der Waals surface area contributed by atoms with Gasteiger partial charge in [0.1, 0.15) is 0 Å². The molecule has 0 heterocycles. The first-order valence-corrected chi connectivity index (χ1v) is 0. The van der Waals surface area contributed by atoms with E-state index in [0.29, 0.717) is 0 Å². The van der Waals surface area contributed by atoms with Gasteiger partial charge in [-0.05, 0) is 0 Å². The molecule has 0 radical (unpaired) electrons. The maximum atomic E-state index is 0. The van der Waals surface area contributed by atoms with Crippen LogP contribution in [0.15, 0.2) is 0 Å². The summed E-state index contributed by atoms with van der Waals surface area (Å²) in [6.45, 7) is 0. The Kier molecular flexibility index (Phi) is 3150. The Morgan fingerprint density at radius 3 is 0.0571 bits per heavy atom. The van der Waals surface area contributed by atoms with Crippen LogP contribution in [0.2, 0.25) is 0 Å². The molecule has 0 rings (SSSR count). The SMILES string of the molecule is [Ba+2].[Ba+2].[Ba+2].[Ba+2].[Ba+2].[Ba+2].[Ba+2].[Ba+2].[Ba+2].[Ba+2].[Ba+2].[Ba+2].[Ba+2].[Ba+2].[Ba+2].[Ba+2].[O-2].[O-2].[O-2].[O-2].[O-2].[O-2].[O-2].[O-2].[O-2].[O-2].[O-2].[O-2].[O-2].[O-2].[O-2].[O-2].[O-2].[O-2].[O-2]. The summed E-state index contributed by atoms with van der Waals surface area (Å²) in [7, 11) is 0. The normalized spacial score (nSPS) is 0. The van der Waals surface area contributed by atoms with Crippen LogP contribution in [0.1, 0.15) is 0 Å². The third-order valence-corrected chi connectivity index (χ3v) is 0. The van der Waals surface area contributed by atoms with Crippen molar-refractivity contribution in [2.75, 3.05) is 0 Å². The zero-order valence-electron chi connectivity index (χ0n) is 19.1. The average Bonchev–Trinajstić information content (AvgIpc) is 0. The van der Waals surface area contributed by atoms with Gasteiger partial charge in [-0.25, -0.2) is 0 Å². The fourth-order valence-corrected chi connectivity index (χ4v) is 0. The molecule has 35 heteroatoms. The summed E-state index contributed by atoms with van der Waals surface area (Å²) in [5, 5.41) is 0. The van der Waals surface area contributed by atoms with Crippen molar-refractivity contribution in [1.82, 2.24) is 0 Å². The van der Waals surface area contributed by atoms with Crippen molar-refractivity contribution >= 4 is 782 Å². The van der Waals surface area contributed by atoms with Gasteiger partial charge in [0.05, 0.1) is 0 Å². The van der Waals surface area contributed by atoms with Crippen molar-refractivity contribution in [2.45, 2.75) is 0 Å². The number of hydrogen-bond acceptors (Lipinski definition) is 0. The Morgan fingerprint density at radius 1 is 0.0571 bits per heavy atom. The quantitative estimate of drug-likeness (QED) is 0.204. The van der Waals surface area contributed by atoms with Crippen molar-refractivity contribution in [3.63, 3.8) is 0 Å².